The number of carbonyl (C=O) groups excluding carboxylic acids is 3. The van der Waals surface area contributed by atoms with Crippen molar-refractivity contribution in [1.82, 2.24) is 15.1 Å². The van der Waals surface area contributed by atoms with Gasteiger partial charge in [-0.25, -0.2) is 4.79 Å². The molecule has 1 aliphatic heterocycles. The lowest BCUT2D eigenvalue weighted by Gasteiger charge is -2.34. The van der Waals surface area contributed by atoms with Crippen LogP contribution >= 0.6 is 23.2 Å². The van der Waals surface area contributed by atoms with Crippen LogP contribution in [0, 0.1) is 5.92 Å². The van der Waals surface area contributed by atoms with Crippen LogP contribution in [0.25, 0.3) is 0 Å². The largest absolute Gasteiger partial charge is 0.340 e. The minimum Gasteiger partial charge on any atom is -0.340 e. The number of urea groups is 1. The molecule has 152 valence electrons. The van der Waals surface area contributed by atoms with Crippen molar-refractivity contribution in [3.05, 3.63) is 33.8 Å². The molecule has 0 atom stereocenters. The molecule has 1 spiro atoms. The molecule has 3 rings (SSSR count). The van der Waals surface area contributed by atoms with Crippen molar-refractivity contribution >= 4 is 41.0 Å². The topological polar surface area (TPSA) is 69.7 Å². The van der Waals surface area contributed by atoms with Gasteiger partial charge in [-0.3, -0.25) is 14.5 Å². The molecule has 1 saturated carbocycles. The first-order valence-corrected chi connectivity index (χ1v) is 10.3. The molecule has 2 fully saturated rings. The van der Waals surface area contributed by atoms with E-state index in [1.807, 2.05) is 0 Å². The summed E-state index contributed by atoms with van der Waals surface area (Å²) in [7, 11) is 1.61. The van der Waals surface area contributed by atoms with E-state index in [0.29, 0.717) is 34.4 Å². The molecule has 1 aromatic carbocycles. The molecule has 1 N–H and O–H groups in total. The van der Waals surface area contributed by atoms with Crippen molar-refractivity contribution < 1.29 is 14.4 Å². The van der Waals surface area contributed by atoms with E-state index in [1.54, 1.807) is 25.2 Å². The zero-order chi connectivity index (χ0) is 20.5. The van der Waals surface area contributed by atoms with Gasteiger partial charge < -0.3 is 10.2 Å². The van der Waals surface area contributed by atoms with Gasteiger partial charge in [0.15, 0.2) is 0 Å². The van der Waals surface area contributed by atoms with E-state index < -0.39 is 11.6 Å². The van der Waals surface area contributed by atoms with Gasteiger partial charge in [0.25, 0.3) is 5.91 Å². The minimum absolute atomic E-state index is 0.241. The molecule has 28 heavy (non-hydrogen) atoms. The van der Waals surface area contributed by atoms with Crippen molar-refractivity contribution in [3.8, 4) is 0 Å². The van der Waals surface area contributed by atoms with Crippen LogP contribution in [0.5, 0.6) is 0 Å². The normalized spacial score (nSPS) is 24.6. The van der Waals surface area contributed by atoms with Gasteiger partial charge in [0.05, 0.1) is 10.0 Å². The standard InChI is InChI=1S/C20H25Cl2N3O3/c1-3-13-7-9-20(10-8-13)18(27)25(19(28)23-20)12-16(26)24(2)11-14-5-4-6-15(21)17(14)22/h4-6,13H,3,7-12H2,1-2H3,(H,23,28). The van der Waals surface area contributed by atoms with Gasteiger partial charge in [-0.2, -0.15) is 0 Å². The fraction of sp³-hybridized carbons (Fsp3) is 0.550. The molecule has 8 heteroatoms. The average Bonchev–Trinajstić information content (AvgIpc) is 2.90. The van der Waals surface area contributed by atoms with E-state index >= 15 is 0 Å². The predicted molar refractivity (Wildman–Crippen MR) is 108 cm³/mol. The highest BCUT2D eigenvalue weighted by Gasteiger charge is 2.52. The maximum Gasteiger partial charge on any atom is 0.325 e. The Morgan fingerprint density at radius 1 is 1.29 bits per heavy atom. The predicted octanol–water partition coefficient (Wildman–Crippen LogP) is 3.84. The van der Waals surface area contributed by atoms with Crippen LogP contribution in [-0.2, 0) is 16.1 Å². The van der Waals surface area contributed by atoms with Crippen LogP contribution in [0.4, 0.5) is 4.79 Å². The quantitative estimate of drug-likeness (QED) is 0.728. The Morgan fingerprint density at radius 3 is 2.61 bits per heavy atom. The monoisotopic (exact) mass is 425 g/mol. The van der Waals surface area contributed by atoms with Crippen molar-refractivity contribution in [2.24, 2.45) is 5.92 Å². The molecule has 6 nitrogen and oxygen atoms in total. The summed E-state index contributed by atoms with van der Waals surface area (Å²) in [5.74, 6) is -0.0204. The molecule has 0 unspecified atom stereocenters. The van der Waals surface area contributed by atoms with E-state index in [-0.39, 0.29) is 24.9 Å². The van der Waals surface area contributed by atoms with Crippen molar-refractivity contribution in [1.29, 1.82) is 0 Å². The van der Waals surface area contributed by atoms with Gasteiger partial charge >= 0.3 is 6.03 Å². The SMILES string of the molecule is CCC1CCC2(CC1)NC(=O)N(CC(=O)N(C)Cc1cccc(Cl)c1Cl)C2=O. The van der Waals surface area contributed by atoms with Gasteiger partial charge in [0.2, 0.25) is 5.91 Å². The number of rotatable bonds is 5. The van der Waals surface area contributed by atoms with Crippen LogP contribution in [-0.4, -0.2) is 46.8 Å². The second-order valence-corrected chi connectivity index (χ2v) is 8.50. The number of carbonyl (C=O) groups is 3. The maximum absolute atomic E-state index is 12.9. The second kappa shape index (κ2) is 8.29. The van der Waals surface area contributed by atoms with Crippen molar-refractivity contribution in [3.63, 3.8) is 0 Å². The van der Waals surface area contributed by atoms with E-state index in [1.165, 1.54) is 4.90 Å². The Bertz CT molecular complexity index is 791. The van der Waals surface area contributed by atoms with Gasteiger partial charge in [0.1, 0.15) is 12.1 Å². The van der Waals surface area contributed by atoms with Gasteiger partial charge in [-0.15, -0.1) is 0 Å². The number of imide groups is 1. The second-order valence-electron chi connectivity index (χ2n) is 7.72. The lowest BCUT2D eigenvalue weighted by molar-refractivity contribution is -0.139. The summed E-state index contributed by atoms with van der Waals surface area (Å²) in [4.78, 5) is 40.5. The van der Waals surface area contributed by atoms with Crippen LogP contribution in [0.2, 0.25) is 10.0 Å². The first kappa shape index (κ1) is 20.9. The number of hydrogen-bond acceptors (Lipinski definition) is 3. The average molecular weight is 426 g/mol. The molecule has 1 heterocycles. The van der Waals surface area contributed by atoms with E-state index in [4.69, 9.17) is 23.2 Å². The first-order chi connectivity index (χ1) is 13.3. The molecule has 1 aromatic rings. The maximum atomic E-state index is 12.9. The molecule has 1 aliphatic carbocycles. The van der Waals surface area contributed by atoms with E-state index in [2.05, 4.69) is 12.2 Å². The molecule has 2 aliphatic rings. The minimum atomic E-state index is -0.835. The first-order valence-electron chi connectivity index (χ1n) is 9.58. The van der Waals surface area contributed by atoms with E-state index in [9.17, 15) is 14.4 Å². The molecule has 0 aromatic heterocycles. The molecule has 0 bridgehead atoms. The van der Waals surface area contributed by atoms with Crippen LogP contribution in [0.15, 0.2) is 18.2 Å². The summed E-state index contributed by atoms with van der Waals surface area (Å²) in [5.41, 5.74) is -0.130. The summed E-state index contributed by atoms with van der Waals surface area (Å²) in [6.45, 7) is 2.11. The van der Waals surface area contributed by atoms with Crippen LogP contribution in [0.3, 0.4) is 0 Å². The summed E-state index contributed by atoms with van der Waals surface area (Å²) < 4.78 is 0. The third-order valence-corrected chi connectivity index (χ3v) is 6.80. The fourth-order valence-corrected chi connectivity index (χ4v) is 4.39. The smallest absolute Gasteiger partial charge is 0.325 e. The highest BCUT2D eigenvalue weighted by Crippen LogP contribution is 2.37. The number of halogens is 2. The third kappa shape index (κ3) is 3.98. The van der Waals surface area contributed by atoms with Crippen molar-refractivity contribution in [2.45, 2.75) is 51.1 Å². The summed E-state index contributed by atoms with van der Waals surface area (Å²) in [6, 6.07) is 4.74. The zero-order valence-corrected chi connectivity index (χ0v) is 17.6. The van der Waals surface area contributed by atoms with Gasteiger partial charge in [0, 0.05) is 13.6 Å². The number of nitrogens with one attached hydrogen (secondary N) is 1. The fourth-order valence-electron chi connectivity index (χ4n) is 4.01. The van der Waals surface area contributed by atoms with Crippen LogP contribution in [0.1, 0.15) is 44.6 Å². The Kier molecular flexibility index (Phi) is 6.20. The Hall–Kier alpha value is -1.79. The van der Waals surface area contributed by atoms with Crippen molar-refractivity contribution in [2.75, 3.05) is 13.6 Å². The number of nitrogens with zero attached hydrogens (tertiary/aromatic N) is 2. The molecule has 4 amide bonds. The third-order valence-electron chi connectivity index (χ3n) is 5.94. The molecule has 0 radical (unpaired) electrons. The zero-order valence-electron chi connectivity index (χ0n) is 16.1. The van der Waals surface area contributed by atoms with Gasteiger partial charge in [-0.05, 0) is 43.2 Å². The number of hydrogen-bond donors (Lipinski definition) is 1. The highest BCUT2D eigenvalue weighted by molar-refractivity contribution is 6.42. The molecule has 1 saturated heterocycles. The number of likely N-dealkylation sites (N-methyl/N-ethyl adjacent to an activating group) is 1. The highest BCUT2D eigenvalue weighted by atomic mass is 35.5. The lowest BCUT2D eigenvalue weighted by Crippen LogP contribution is -2.50. The summed E-state index contributed by atoms with van der Waals surface area (Å²) in [6.07, 6.45) is 4.18. The number of amides is 4. The summed E-state index contributed by atoms with van der Waals surface area (Å²) >= 11 is 12.2. The van der Waals surface area contributed by atoms with Gasteiger partial charge in [-0.1, -0.05) is 48.7 Å². The number of benzene rings is 1. The lowest BCUT2D eigenvalue weighted by atomic mass is 9.75. The van der Waals surface area contributed by atoms with Crippen LogP contribution < -0.4 is 5.32 Å². The molecular formula is C20H25Cl2N3O3. The Labute approximate surface area is 175 Å². The van der Waals surface area contributed by atoms with E-state index in [0.717, 1.165) is 24.2 Å². The Balaban J connectivity index is 1.64. The Morgan fingerprint density at radius 2 is 1.96 bits per heavy atom. The molecular weight excluding hydrogens is 401 g/mol. The summed E-state index contributed by atoms with van der Waals surface area (Å²) in [5, 5.41) is 3.66.